The highest BCUT2D eigenvalue weighted by Gasteiger charge is 2.21. The highest BCUT2D eigenvalue weighted by atomic mass is 16.1. The van der Waals surface area contributed by atoms with Crippen molar-refractivity contribution in [3.8, 4) is 0 Å². The summed E-state index contributed by atoms with van der Waals surface area (Å²) in [5.74, 6) is 1.02. The average Bonchev–Trinajstić information content (AvgIpc) is 2.40. The molecule has 0 amide bonds. The molecule has 0 bridgehead atoms. The van der Waals surface area contributed by atoms with Crippen LogP contribution in [0.4, 0.5) is 5.69 Å². The molecule has 0 heterocycles. The van der Waals surface area contributed by atoms with E-state index in [4.69, 9.17) is 5.73 Å². The molecule has 0 aliphatic heterocycles. The summed E-state index contributed by atoms with van der Waals surface area (Å²) >= 11 is 0. The number of carbonyl (C=O) groups is 1. The van der Waals surface area contributed by atoms with Gasteiger partial charge in [-0.3, -0.25) is 4.79 Å². The number of nitrogen functional groups attached to an aromatic ring is 1. The van der Waals surface area contributed by atoms with Gasteiger partial charge >= 0.3 is 0 Å². The largest absolute Gasteiger partial charge is 0.399 e. The third-order valence-electron chi connectivity index (χ3n) is 4.13. The summed E-state index contributed by atoms with van der Waals surface area (Å²) in [6.07, 6.45) is 7.17. The number of hydrogen-bond acceptors (Lipinski definition) is 2. The van der Waals surface area contributed by atoms with Crippen molar-refractivity contribution in [2.24, 2.45) is 5.92 Å². The number of benzene rings is 1. The number of rotatable bonds is 4. The van der Waals surface area contributed by atoms with Gasteiger partial charge in [0.05, 0.1) is 0 Å². The second kappa shape index (κ2) is 6.03. The topological polar surface area (TPSA) is 43.1 Å². The fraction of sp³-hybridized carbons (Fsp3) is 0.562. The molecule has 1 aliphatic carbocycles. The zero-order chi connectivity index (χ0) is 13.0. The Bertz CT molecular complexity index is 390. The summed E-state index contributed by atoms with van der Waals surface area (Å²) in [5, 5.41) is 0. The first-order chi connectivity index (χ1) is 8.66. The van der Waals surface area contributed by atoms with E-state index in [0.717, 1.165) is 17.7 Å². The maximum atomic E-state index is 12.3. The summed E-state index contributed by atoms with van der Waals surface area (Å²) in [7, 11) is 0. The molecule has 1 fully saturated rings. The lowest BCUT2D eigenvalue weighted by Crippen LogP contribution is -2.16. The highest BCUT2D eigenvalue weighted by Crippen LogP contribution is 2.29. The summed E-state index contributed by atoms with van der Waals surface area (Å²) in [6, 6.07) is 7.69. The Hall–Kier alpha value is -1.31. The molecular formula is C16H23NO. The van der Waals surface area contributed by atoms with Gasteiger partial charge in [-0.25, -0.2) is 0 Å². The van der Waals surface area contributed by atoms with Gasteiger partial charge in [0, 0.05) is 18.0 Å². The molecule has 0 radical (unpaired) electrons. The molecule has 1 atom stereocenters. The van der Waals surface area contributed by atoms with Gasteiger partial charge in [-0.1, -0.05) is 51.2 Å². The lowest BCUT2D eigenvalue weighted by atomic mass is 9.82. The number of ketones is 1. The van der Waals surface area contributed by atoms with Crippen molar-refractivity contribution in [1.29, 1.82) is 0 Å². The first kappa shape index (κ1) is 13.1. The van der Waals surface area contributed by atoms with E-state index < -0.39 is 0 Å². The molecule has 1 unspecified atom stereocenters. The summed E-state index contributed by atoms with van der Waals surface area (Å²) in [6.45, 7) is 2.01. The first-order valence-electron chi connectivity index (χ1n) is 7.05. The Labute approximate surface area is 110 Å². The lowest BCUT2D eigenvalue weighted by Gasteiger charge is -2.22. The van der Waals surface area contributed by atoms with E-state index in [2.05, 4.69) is 0 Å². The van der Waals surface area contributed by atoms with Crippen LogP contribution in [-0.4, -0.2) is 5.78 Å². The summed E-state index contributed by atoms with van der Waals surface area (Å²) < 4.78 is 0. The Morgan fingerprint density at radius 2 is 1.83 bits per heavy atom. The maximum Gasteiger partial charge on any atom is 0.140 e. The van der Waals surface area contributed by atoms with E-state index >= 15 is 0 Å². The second-order valence-corrected chi connectivity index (χ2v) is 5.56. The van der Waals surface area contributed by atoms with Crippen molar-refractivity contribution in [3.05, 3.63) is 29.8 Å². The van der Waals surface area contributed by atoms with Gasteiger partial charge in [-0.2, -0.15) is 0 Å². The van der Waals surface area contributed by atoms with Crippen molar-refractivity contribution in [3.63, 3.8) is 0 Å². The van der Waals surface area contributed by atoms with Gasteiger partial charge in [-0.15, -0.1) is 0 Å². The molecule has 2 N–H and O–H groups in total. The molecule has 2 heteroatoms. The molecule has 2 rings (SSSR count). The number of Topliss-reactive ketones (excluding diaryl/α,β-unsaturated/α-hetero) is 1. The zero-order valence-corrected chi connectivity index (χ0v) is 11.2. The number of carbonyl (C=O) groups excluding carboxylic acids is 1. The molecule has 0 spiro atoms. The van der Waals surface area contributed by atoms with Crippen molar-refractivity contribution < 1.29 is 4.79 Å². The Morgan fingerprint density at radius 1 is 1.22 bits per heavy atom. The van der Waals surface area contributed by atoms with E-state index in [1.165, 1.54) is 32.1 Å². The monoisotopic (exact) mass is 245 g/mol. The van der Waals surface area contributed by atoms with Gasteiger partial charge in [0.25, 0.3) is 0 Å². The first-order valence-corrected chi connectivity index (χ1v) is 7.05. The fourth-order valence-corrected chi connectivity index (χ4v) is 2.82. The molecule has 2 nitrogen and oxygen atoms in total. The molecule has 0 saturated heterocycles. The molecule has 0 aromatic heterocycles. The quantitative estimate of drug-likeness (QED) is 0.817. The predicted molar refractivity (Wildman–Crippen MR) is 75.5 cm³/mol. The molecule has 18 heavy (non-hydrogen) atoms. The maximum absolute atomic E-state index is 12.3. The number of anilines is 1. The molecule has 1 aromatic carbocycles. The SMILES string of the molecule is CC(C(=O)CC1CCCCC1)c1ccc(N)cc1. The van der Waals surface area contributed by atoms with Crippen LogP contribution in [0, 0.1) is 5.92 Å². The van der Waals surface area contributed by atoms with Crippen LogP contribution >= 0.6 is 0 Å². The van der Waals surface area contributed by atoms with E-state index in [-0.39, 0.29) is 5.92 Å². The van der Waals surface area contributed by atoms with Gasteiger partial charge in [-0.05, 0) is 23.6 Å². The standard InChI is InChI=1S/C16H23NO/c1-12(14-7-9-15(17)10-8-14)16(18)11-13-5-3-2-4-6-13/h7-10,12-13H,2-6,11,17H2,1H3. The van der Waals surface area contributed by atoms with E-state index in [9.17, 15) is 4.79 Å². The predicted octanol–water partition coefficient (Wildman–Crippen LogP) is 3.91. The minimum atomic E-state index is 0.00697. The number of hydrogen-bond donors (Lipinski definition) is 1. The third kappa shape index (κ3) is 3.34. The normalized spacial score (nSPS) is 18.5. The minimum absolute atomic E-state index is 0.00697. The molecular weight excluding hydrogens is 222 g/mol. The van der Waals surface area contributed by atoms with Gasteiger partial charge in [0.15, 0.2) is 0 Å². The lowest BCUT2D eigenvalue weighted by molar-refractivity contribution is -0.121. The van der Waals surface area contributed by atoms with Crippen molar-refractivity contribution in [2.75, 3.05) is 5.73 Å². The van der Waals surface area contributed by atoms with Crippen LogP contribution in [0.25, 0.3) is 0 Å². The average molecular weight is 245 g/mol. The van der Waals surface area contributed by atoms with Crippen LogP contribution in [0.5, 0.6) is 0 Å². The third-order valence-corrected chi connectivity index (χ3v) is 4.13. The number of nitrogens with two attached hydrogens (primary N) is 1. The van der Waals surface area contributed by atoms with Crippen LogP contribution in [0.3, 0.4) is 0 Å². The second-order valence-electron chi connectivity index (χ2n) is 5.56. The van der Waals surface area contributed by atoms with Crippen LogP contribution < -0.4 is 5.73 Å². The van der Waals surface area contributed by atoms with E-state index in [1.54, 1.807) is 0 Å². The molecule has 98 valence electrons. The Balaban J connectivity index is 1.93. The van der Waals surface area contributed by atoms with Crippen LogP contribution in [-0.2, 0) is 4.79 Å². The van der Waals surface area contributed by atoms with Crippen LogP contribution in [0.15, 0.2) is 24.3 Å². The molecule has 1 aliphatic rings. The van der Waals surface area contributed by atoms with Gasteiger partial charge in [0.1, 0.15) is 5.78 Å². The minimum Gasteiger partial charge on any atom is -0.399 e. The molecule has 1 aromatic rings. The summed E-state index contributed by atoms with van der Waals surface area (Å²) in [5.41, 5.74) is 7.51. The van der Waals surface area contributed by atoms with Gasteiger partial charge in [0.2, 0.25) is 0 Å². The summed E-state index contributed by atoms with van der Waals surface area (Å²) in [4.78, 5) is 12.3. The van der Waals surface area contributed by atoms with E-state index in [0.29, 0.717) is 11.7 Å². The smallest absolute Gasteiger partial charge is 0.140 e. The Kier molecular flexibility index (Phi) is 4.40. The zero-order valence-electron chi connectivity index (χ0n) is 11.2. The fourth-order valence-electron chi connectivity index (χ4n) is 2.82. The van der Waals surface area contributed by atoms with Crippen molar-refractivity contribution in [1.82, 2.24) is 0 Å². The molecule has 1 saturated carbocycles. The van der Waals surface area contributed by atoms with Crippen LogP contribution in [0.2, 0.25) is 0 Å². The highest BCUT2D eigenvalue weighted by molar-refractivity contribution is 5.85. The van der Waals surface area contributed by atoms with E-state index in [1.807, 2.05) is 31.2 Å². The Morgan fingerprint density at radius 3 is 2.44 bits per heavy atom. The van der Waals surface area contributed by atoms with Crippen molar-refractivity contribution >= 4 is 11.5 Å². The van der Waals surface area contributed by atoms with Crippen LogP contribution in [0.1, 0.15) is 56.9 Å². The van der Waals surface area contributed by atoms with Crippen molar-refractivity contribution in [2.45, 2.75) is 51.4 Å². The van der Waals surface area contributed by atoms with Gasteiger partial charge < -0.3 is 5.73 Å².